The highest BCUT2D eigenvalue weighted by Crippen LogP contribution is 2.37. The average Bonchev–Trinajstić information content (AvgIpc) is 3.23. The van der Waals surface area contributed by atoms with Gasteiger partial charge in [0.2, 0.25) is 0 Å². The molecule has 0 radical (unpaired) electrons. The van der Waals surface area contributed by atoms with E-state index in [2.05, 4.69) is 10.3 Å². The van der Waals surface area contributed by atoms with Gasteiger partial charge in [0, 0.05) is 25.0 Å². The van der Waals surface area contributed by atoms with E-state index in [4.69, 9.17) is 4.52 Å². The predicted molar refractivity (Wildman–Crippen MR) is 87.8 cm³/mol. The molecule has 1 aromatic carbocycles. The first-order valence-electron chi connectivity index (χ1n) is 7.85. The molecule has 7 nitrogen and oxygen atoms in total. The summed E-state index contributed by atoms with van der Waals surface area (Å²) in [4.78, 5) is 0. The first-order valence-corrected chi connectivity index (χ1v) is 9.29. The van der Waals surface area contributed by atoms with Crippen LogP contribution < -0.4 is 0 Å². The highest BCUT2D eigenvalue weighted by Gasteiger charge is 2.40. The molecular weight excluding hydrogens is 328 g/mol. The van der Waals surface area contributed by atoms with Crippen molar-refractivity contribution in [2.24, 2.45) is 7.05 Å². The van der Waals surface area contributed by atoms with Crippen molar-refractivity contribution in [1.29, 1.82) is 0 Å². The summed E-state index contributed by atoms with van der Waals surface area (Å²) in [5, 5.41) is 9.22. The molecule has 1 saturated heterocycles. The molecule has 126 valence electrons. The second-order valence-electron chi connectivity index (χ2n) is 6.08. The molecule has 1 aliphatic heterocycles. The van der Waals surface area contributed by atoms with Gasteiger partial charge in [-0.15, -0.1) is 0 Å². The molecule has 0 spiro atoms. The molecule has 0 N–H and O–H groups in total. The molecule has 1 aliphatic rings. The third-order valence-corrected chi connectivity index (χ3v) is 6.46. The van der Waals surface area contributed by atoms with Gasteiger partial charge in [0.1, 0.15) is 11.5 Å². The highest BCUT2D eigenvalue weighted by atomic mass is 32.2. The van der Waals surface area contributed by atoms with Gasteiger partial charge in [-0.25, -0.2) is 8.42 Å². The van der Waals surface area contributed by atoms with Gasteiger partial charge in [-0.3, -0.25) is 4.68 Å². The van der Waals surface area contributed by atoms with Gasteiger partial charge in [-0.1, -0.05) is 17.3 Å². The van der Waals surface area contributed by atoms with Crippen LogP contribution in [0.4, 0.5) is 0 Å². The zero-order chi connectivity index (χ0) is 16.9. The Kier molecular flexibility index (Phi) is 3.47. The monoisotopic (exact) mass is 346 g/mol. The molecule has 24 heavy (non-hydrogen) atoms. The van der Waals surface area contributed by atoms with E-state index in [0.717, 1.165) is 12.8 Å². The lowest BCUT2D eigenvalue weighted by molar-refractivity contribution is 0.348. The van der Waals surface area contributed by atoms with E-state index in [9.17, 15) is 8.42 Å². The zero-order valence-corrected chi connectivity index (χ0v) is 14.3. The van der Waals surface area contributed by atoms with Crippen LogP contribution in [0, 0.1) is 6.92 Å². The molecule has 4 rings (SSSR count). The van der Waals surface area contributed by atoms with Crippen molar-refractivity contribution >= 4 is 20.9 Å². The SMILES string of the molecule is Cc1cc(C2CCCN2S(=O)(=O)c2c3ccccc3nn2C)no1. The van der Waals surface area contributed by atoms with Crippen molar-refractivity contribution in [3.05, 3.63) is 41.8 Å². The van der Waals surface area contributed by atoms with E-state index in [1.807, 2.05) is 18.2 Å². The maximum atomic E-state index is 13.3. The van der Waals surface area contributed by atoms with Crippen molar-refractivity contribution in [1.82, 2.24) is 19.2 Å². The van der Waals surface area contributed by atoms with E-state index in [1.165, 1.54) is 8.99 Å². The number of hydrogen-bond donors (Lipinski definition) is 0. The van der Waals surface area contributed by atoms with Gasteiger partial charge in [0.05, 0.1) is 11.6 Å². The highest BCUT2D eigenvalue weighted by molar-refractivity contribution is 7.89. The number of aryl methyl sites for hydroxylation is 2. The summed E-state index contributed by atoms with van der Waals surface area (Å²) < 4.78 is 34.8. The Morgan fingerprint density at radius 3 is 2.83 bits per heavy atom. The molecule has 3 aromatic rings. The van der Waals surface area contributed by atoms with Crippen LogP contribution >= 0.6 is 0 Å². The summed E-state index contributed by atoms with van der Waals surface area (Å²) in [6.07, 6.45) is 1.53. The second-order valence-corrected chi connectivity index (χ2v) is 7.89. The van der Waals surface area contributed by atoms with Crippen molar-refractivity contribution in [3.63, 3.8) is 0 Å². The van der Waals surface area contributed by atoms with Gasteiger partial charge < -0.3 is 4.52 Å². The van der Waals surface area contributed by atoms with E-state index in [1.54, 1.807) is 26.1 Å². The summed E-state index contributed by atoms with van der Waals surface area (Å²) in [6.45, 7) is 2.28. The van der Waals surface area contributed by atoms with Crippen molar-refractivity contribution in [2.45, 2.75) is 30.8 Å². The fraction of sp³-hybridized carbons (Fsp3) is 0.375. The second kappa shape index (κ2) is 5.42. The molecule has 0 aliphatic carbocycles. The number of benzene rings is 1. The largest absolute Gasteiger partial charge is 0.361 e. The average molecular weight is 346 g/mol. The van der Waals surface area contributed by atoms with E-state index >= 15 is 0 Å². The van der Waals surface area contributed by atoms with E-state index in [0.29, 0.717) is 28.9 Å². The number of rotatable bonds is 3. The van der Waals surface area contributed by atoms with Gasteiger partial charge in [0.25, 0.3) is 10.0 Å². The molecular formula is C16H18N4O3S. The Morgan fingerprint density at radius 2 is 2.08 bits per heavy atom. The number of hydrogen-bond acceptors (Lipinski definition) is 5. The number of nitrogens with zero attached hydrogens (tertiary/aromatic N) is 4. The Hall–Kier alpha value is -2.19. The van der Waals surface area contributed by atoms with Crippen LogP contribution in [0.5, 0.6) is 0 Å². The molecule has 0 amide bonds. The van der Waals surface area contributed by atoms with Crippen LogP contribution in [-0.2, 0) is 17.1 Å². The fourth-order valence-electron chi connectivity index (χ4n) is 3.41. The number of sulfonamides is 1. The molecule has 0 bridgehead atoms. The van der Waals surface area contributed by atoms with Crippen molar-refractivity contribution in [2.75, 3.05) is 6.54 Å². The molecule has 3 heterocycles. The predicted octanol–water partition coefficient (Wildman–Crippen LogP) is 2.40. The van der Waals surface area contributed by atoms with Crippen LogP contribution in [-0.4, -0.2) is 34.2 Å². The Morgan fingerprint density at radius 1 is 1.29 bits per heavy atom. The number of aromatic nitrogens is 3. The van der Waals surface area contributed by atoms with Crippen LogP contribution in [0.1, 0.15) is 30.3 Å². The normalized spacial score (nSPS) is 19.3. The summed E-state index contributed by atoms with van der Waals surface area (Å²) in [6, 6.07) is 8.80. The van der Waals surface area contributed by atoms with Crippen LogP contribution in [0.2, 0.25) is 0 Å². The topological polar surface area (TPSA) is 81.2 Å². The Balaban J connectivity index is 1.83. The maximum absolute atomic E-state index is 13.3. The molecule has 2 aromatic heterocycles. The molecule has 8 heteroatoms. The molecule has 1 fully saturated rings. The summed E-state index contributed by atoms with van der Waals surface area (Å²) in [7, 11) is -2.02. The minimum Gasteiger partial charge on any atom is -0.361 e. The first-order chi connectivity index (χ1) is 11.5. The van der Waals surface area contributed by atoms with Crippen LogP contribution in [0.15, 0.2) is 39.9 Å². The van der Waals surface area contributed by atoms with Crippen molar-refractivity contribution in [3.8, 4) is 0 Å². The molecule has 0 saturated carbocycles. The van der Waals surface area contributed by atoms with Crippen LogP contribution in [0.25, 0.3) is 10.9 Å². The summed E-state index contributed by atoms with van der Waals surface area (Å²) >= 11 is 0. The third-order valence-electron chi connectivity index (χ3n) is 4.43. The van der Waals surface area contributed by atoms with Gasteiger partial charge in [-0.2, -0.15) is 9.40 Å². The quantitative estimate of drug-likeness (QED) is 0.727. The molecule has 1 unspecified atom stereocenters. The lowest BCUT2D eigenvalue weighted by atomic mass is 10.1. The van der Waals surface area contributed by atoms with Gasteiger partial charge >= 0.3 is 0 Å². The van der Waals surface area contributed by atoms with E-state index in [-0.39, 0.29) is 11.1 Å². The third kappa shape index (κ3) is 2.25. The summed E-state index contributed by atoms with van der Waals surface area (Å²) in [5.74, 6) is 0.681. The minimum atomic E-state index is -3.69. The summed E-state index contributed by atoms with van der Waals surface area (Å²) in [5.41, 5.74) is 1.34. The van der Waals surface area contributed by atoms with Crippen molar-refractivity contribution < 1.29 is 12.9 Å². The van der Waals surface area contributed by atoms with E-state index < -0.39 is 10.0 Å². The Labute approximate surface area is 139 Å². The Bertz CT molecular complexity index is 1010. The molecule has 1 atom stereocenters. The van der Waals surface area contributed by atoms with Crippen LogP contribution in [0.3, 0.4) is 0 Å². The lowest BCUT2D eigenvalue weighted by Gasteiger charge is -2.22. The lowest BCUT2D eigenvalue weighted by Crippen LogP contribution is -2.32. The first kappa shape index (κ1) is 15.3. The van der Waals surface area contributed by atoms with Gasteiger partial charge in [0.15, 0.2) is 5.03 Å². The standard InChI is InChI=1S/C16H18N4O3S/c1-11-10-14(18-23-11)15-8-5-9-20(15)24(21,22)16-12-6-3-4-7-13(12)17-19(16)2/h3-4,6-7,10,15H,5,8-9H2,1-2H3. The fourth-order valence-corrected chi connectivity index (χ4v) is 5.37. The zero-order valence-electron chi connectivity index (χ0n) is 13.5. The minimum absolute atomic E-state index is 0.227. The smallest absolute Gasteiger partial charge is 0.261 e. The number of fused-ring (bicyclic) bond motifs is 1. The van der Waals surface area contributed by atoms with Gasteiger partial charge in [-0.05, 0) is 31.9 Å². The maximum Gasteiger partial charge on any atom is 0.261 e.